The van der Waals surface area contributed by atoms with Crippen molar-refractivity contribution in [3.8, 4) is 11.6 Å². The molecule has 124 valence electrons. The minimum atomic E-state index is -1.06. The van der Waals surface area contributed by atoms with Crippen LogP contribution < -0.4 is 4.74 Å². The van der Waals surface area contributed by atoms with Gasteiger partial charge in [-0.1, -0.05) is 0 Å². The third kappa shape index (κ3) is 3.00. The van der Waals surface area contributed by atoms with Crippen LogP contribution in [-0.4, -0.2) is 45.9 Å². The monoisotopic (exact) mass is 337 g/mol. The number of hydrogen-bond donors (Lipinski definition) is 1. The largest absolute Gasteiger partial charge is 0.464 e. The van der Waals surface area contributed by atoms with E-state index in [2.05, 4.69) is 25.4 Å². The Kier molecular flexibility index (Phi) is 3.54. The van der Waals surface area contributed by atoms with Crippen molar-refractivity contribution in [1.29, 1.82) is 0 Å². The highest BCUT2D eigenvalue weighted by molar-refractivity contribution is 5.89. The predicted molar refractivity (Wildman–Crippen MR) is 84.4 cm³/mol. The highest BCUT2D eigenvalue weighted by atomic mass is 16.5. The standard InChI is InChI=1S/C15H11N7O3/c23-15(24)21-6-4-10-1-2-11(7-12(10)21)25-14-3-5-16-13(19-14)8-22-18-9-17-20-22/h1-7,9H,8H2,(H,23,24). The summed E-state index contributed by atoms with van der Waals surface area (Å²) >= 11 is 0. The summed E-state index contributed by atoms with van der Waals surface area (Å²) in [6.07, 6.45) is 3.32. The first-order valence-electron chi connectivity index (χ1n) is 7.24. The molecule has 0 bridgehead atoms. The molecule has 1 aromatic carbocycles. The fourth-order valence-corrected chi connectivity index (χ4v) is 2.36. The fourth-order valence-electron chi connectivity index (χ4n) is 2.36. The number of hydrogen-bond acceptors (Lipinski definition) is 7. The molecule has 4 aromatic rings. The summed E-state index contributed by atoms with van der Waals surface area (Å²) in [5, 5.41) is 21.3. The molecule has 25 heavy (non-hydrogen) atoms. The van der Waals surface area contributed by atoms with E-state index in [1.54, 1.807) is 36.5 Å². The molecule has 0 spiro atoms. The number of tetrazole rings is 1. The Morgan fingerprint density at radius 2 is 2.16 bits per heavy atom. The van der Waals surface area contributed by atoms with Crippen LogP contribution >= 0.6 is 0 Å². The molecule has 3 aromatic heterocycles. The van der Waals surface area contributed by atoms with Gasteiger partial charge in [-0.3, -0.25) is 4.57 Å². The molecular formula is C15H11N7O3. The summed E-state index contributed by atoms with van der Waals surface area (Å²) in [6.45, 7) is 0.262. The van der Waals surface area contributed by atoms with Crippen LogP contribution in [0.15, 0.2) is 49.1 Å². The summed E-state index contributed by atoms with van der Waals surface area (Å²) < 4.78 is 6.86. The van der Waals surface area contributed by atoms with Crippen molar-refractivity contribution in [2.45, 2.75) is 6.54 Å². The molecule has 0 saturated heterocycles. The molecular weight excluding hydrogens is 326 g/mol. The van der Waals surface area contributed by atoms with Crippen LogP contribution in [0.3, 0.4) is 0 Å². The Morgan fingerprint density at radius 3 is 2.96 bits per heavy atom. The molecule has 0 amide bonds. The topological polar surface area (TPSA) is 121 Å². The van der Waals surface area contributed by atoms with E-state index in [9.17, 15) is 9.90 Å². The Labute approximate surface area is 140 Å². The average molecular weight is 337 g/mol. The van der Waals surface area contributed by atoms with Crippen LogP contribution in [0.1, 0.15) is 5.82 Å². The van der Waals surface area contributed by atoms with Crippen LogP contribution in [0.25, 0.3) is 10.9 Å². The maximum Gasteiger partial charge on any atom is 0.416 e. The van der Waals surface area contributed by atoms with Crippen molar-refractivity contribution in [3.63, 3.8) is 0 Å². The molecule has 0 aliphatic carbocycles. The number of carbonyl (C=O) groups is 1. The normalized spacial score (nSPS) is 10.9. The number of rotatable bonds is 4. The van der Waals surface area contributed by atoms with E-state index in [1.165, 1.54) is 17.3 Å². The number of benzene rings is 1. The first-order valence-corrected chi connectivity index (χ1v) is 7.24. The molecule has 10 heteroatoms. The van der Waals surface area contributed by atoms with Gasteiger partial charge in [-0.2, -0.15) is 9.78 Å². The molecule has 0 unspecified atom stereocenters. The zero-order valence-corrected chi connectivity index (χ0v) is 12.7. The molecule has 0 aliphatic heterocycles. The fraction of sp³-hybridized carbons (Fsp3) is 0.0667. The average Bonchev–Trinajstić information content (AvgIpc) is 3.24. The lowest BCUT2D eigenvalue weighted by atomic mass is 10.2. The van der Waals surface area contributed by atoms with Crippen LogP contribution in [0.5, 0.6) is 11.6 Å². The first kappa shape index (κ1) is 14.8. The highest BCUT2D eigenvalue weighted by Crippen LogP contribution is 2.25. The molecule has 1 N–H and O–H groups in total. The van der Waals surface area contributed by atoms with Gasteiger partial charge >= 0.3 is 6.09 Å². The lowest BCUT2D eigenvalue weighted by molar-refractivity contribution is 0.197. The molecule has 10 nitrogen and oxygen atoms in total. The minimum Gasteiger partial charge on any atom is -0.464 e. The summed E-state index contributed by atoms with van der Waals surface area (Å²) in [6, 6.07) is 8.50. The minimum absolute atomic E-state index is 0.262. The third-order valence-corrected chi connectivity index (χ3v) is 3.45. The van der Waals surface area contributed by atoms with Crippen LogP contribution in [0, 0.1) is 0 Å². The second kappa shape index (κ2) is 6.00. The molecule has 4 rings (SSSR count). The third-order valence-electron chi connectivity index (χ3n) is 3.45. The van der Waals surface area contributed by atoms with E-state index in [4.69, 9.17) is 4.74 Å². The lowest BCUT2D eigenvalue weighted by Crippen LogP contribution is -2.08. The van der Waals surface area contributed by atoms with Crippen LogP contribution in [0.2, 0.25) is 0 Å². The van der Waals surface area contributed by atoms with Gasteiger partial charge in [0.1, 0.15) is 12.3 Å². The van der Waals surface area contributed by atoms with E-state index in [0.29, 0.717) is 23.0 Å². The SMILES string of the molecule is O=C(O)n1ccc2ccc(Oc3ccnc(Cn4ncnn4)n3)cc21. The van der Waals surface area contributed by atoms with Gasteiger partial charge in [-0.25, -0.2) is 9.78 Å². The summed E-state index contributed by atoms with van der Waals surface area (Å²) in [5.74, 6) is 1.26. The molecule has 0 aliphatic rings. The van der Waals surface area contributed by atoms with E-state index < -0.39 is 6.09 Å². The van der Waals surface area contributed by atoms with Gasteiger partial charge in [-0.15, -0.1) is 10.2 Å². The second-order valence-electron chi connectivity index (χ2n) is 5.07. The molecule has 0 radical (unpaired) electrons. The molecule has 3 heterocycles. The number of aromatic nitrogens is 7. The smallest absolute Gasteiger partial charge is 0.416 e. The predicted octanol–water partition coefficient (Wildman–Crippen LogP) is 1.78. The molecule has 0 atom stereocenters. The summed E-state index contributed by atoms with van der Waals surface area (Å²) in [5.41, 5.74) is 0.533. The molecule has 0 saturated carbocycles. The van der Waals surface area contributed by atoms with Crippen LogP contribution in [0.4, 0.5) is 4.79 Å². The van der Waals surface area contributed by atoms with Crippen molar-refractivity contribution in [2.75, 3.05) is 0 Å². The highest BCUT2D eigenvalue weighted by Gasteiger charge is 2.09. The van der Waals surface area contributed by atoms with Crippen molar-refractivity contribution >= 4 is 17.0 Å². The zero-order valence-electron chi connectivity index (χ0n) is 12.7. The Balaban J connectivity index is 1.60. The van der Waals surface area contributed by atoms with Gasteiger partial charge in [0.2, 0.25) is 5.88 Å². The van der Waals surface area contributed by atoms with E-state index in [1.807, 2.05) is 0 Å². The Hall–Kier alpha value is -3.82. The van der Waals surface area contributed by atoms with Gasteiger partial charge in [0.05, 0.1) is 5.52 Å². The maximum atomic E-state index is 11.2. The van der Waals surface area contributed by atoms with Gasteiger partial charge in [0, 0.05) is 29.9 Å². The Morgan fingerprint density at radius 1 is 1.24 bits per heavy atom. The Bertz CT molecular complexity index is 1040. The lowest BCUT2D eigenvalue weighted by Gasteiger charge is -2.07. The van der Waals surface area contributed by atoms with Crippen molar-refractivity contribution in [1.82, 2.24) is 34.7 Å². The number of nitrogens with zero attached hydrogens (tertiary/aromatic N) is 7. The van der Waals surface area contributed by atoms with Gasteiger partial charge in [0.15, 0.2) is 12.2 Å². The molecule has 0 fully saturated rings. The summed E-state index contributed by atoms with van der Waals surface area (Å²) in [7, 11) is 0. The zero-order chi connectivity index (χ0) is 17.2. The van der Waals surface area contributed by atoms with Crippen LogP contribution in [-0.2, 0) is 6.54 Å². The van der Waals surface area contributed by atoms with Gasteiger partial charge in [-0.05, 0) is 23.4 Å². The van der Waals surface area contributed by atoms with E-state index in [0.717, 1.165) is 9.95 Å². The van der Waals surface area contributed by atoms with Gasteiger partial charge < -0.3 is 9.84 Å². The quantitative estimate of drug-likeness (QED) is 0.598. The number of ether oxygens (including phenoxy) is 1. The van der Waals surface area contributed by atoms with Crippen molar-refractivity contribution in [3.05, 3.63) is 54.9 Å². The number of carboxylic acid groups (broad SMARTS) is 1. The maximum absolute atomic E-state index is 11.2. The van der Waals surface area contributed by atoms with E-state index in [-0.39, 0.29) is 6.54 Å². The second-order valence-corrected chi connectivity index (χ2v) is 5.07. The van der Waals surface area contributed by atoms with E-state index >= 15 is 0 Å². The summed E-state index contributed by atoms with van der Waals surface area (Å²) in [4.78, 5) is 21.0. The van der Waals surface area contributed by atoms with Crippen molar-refractivity contribution < 1.29 is 14.6 Å². The number of fused-ring (bicyclic) bond motifs is 1. The van der Waals surface area contributed by atoms with Crippen molar-refractivity contribution in [2.24, 2.45) is 0 Å². The van der Waals surface area contributed by atoms with Gasteiger partial charge in [0.25, 0.3) is 0 Å². The first-order chi connectivity index (χ1) is 12.2.